The molecule has 0 aromatic heterocycles. The number of nitrogens with two attached hydrogens (primary N) is 1. The summed E-state index contributed by atoms with van der Waals surface area (Å²) in [5.41, 5.74) is 9.65. The fourth-order valence-corrected chi connectivity index (χ4v) is 2.43. The topological polar surface area (TPSA) is 26.0 Å². The van der Waals surface area contributed by atoms with E-state index in [1.54, 1.807) is 0 Å². The quantitative estimate of drug-likeness (QED) is 0.904. The third-order valence-corrected chi connectivity index (χ3v) is 3.69. The summed E-state index contributed by atoms with van der Waals surface area (Å²) in [4.78, 5) is 0. The van der Waals surface area contributed by atoms with Gasteiger partial charge in [-0.05, 0) is 47.7 Å². The molecule has 0 heterocycles. The first-order valence-corrected chi connectivity index (χ1v) is 7.01. The average molecular weight is 304 g/mol. The number of halogens is 1. The highest BCUT2D eigenvalue weighted by molar-refractivity contribution is 9.10. The summed E-state index contributed by atoms with van der Waals surface area (Å²) < 4.78 is 1.13. The Morgan fingerprint density at radius 2 is 1.78 bits per heavy atom. The normalized spacial score (nSPS) is 12.4. The first kappa shape index (κ1) is 13.3. The fraction of sp³-hybridized carbons (Fsp3) is 0.250. The van der Waals surface area contributed by atoms with E-state index in [9.17, 15) is 0 Å². The lowest BCUT2D eigenvalue weighted by molar-refractivity contribution is 0.773. The number of rotatable bonds is 4. The van der Waals surface area contributed by atoms with Crippen molar-refractivity contribution in [2.45, 2.75) is 19.3 Å². The third-order valence-electron chi connectivity index (χ3n) is 3.20. The Balaban J connectivity index is 2.11. The Morgan fingerprint density at radius 1 is 1.06 bits per heavy atom. The standard InChI is InChI=1S/C16H18BrN/c1-12(11-18)15-7-5-13(6-8-15)9-14-3-2-4-16(17)10-14/h2-8,10,12H,9,11,18H2,1H3. The van der Waals surface area contributed by atoms with Crippen LogP contribution in [0.4, 0.5) is 0 Å². The third kappa shape index (κ3) is 3.44. The average Bonchev–Trinajstić information content (AvgIpc) is 2.39. The Morgan fingerprint density at radius 3 is 2.39 bits per heavy atom. The monoisotopic (exact) mass is 303 g/mol. The zero-order valence-electron chi connectivity index (χ0n) is 10.6. The SMILES string of the molecule is CC(CN)c1ccc(Cc2cccc(Br)c2)cc1. The lowest BCUT2D eigenvalue weighted by atomic mass is 9.98. The summed E-state index contributed by atoms with van der Waals surface area (Å²) >= 11 is 3.50. The Kier molecular flexibility index (Phi) is 4.56. The molecule has 0 saturated carbocycles. The van der Waals surface area contributed by atoms with Gasteiger partial charge in [-0.3, -0.25) is 0 Å². The van der Waals surface area contributed by atoms with Crippen LogP contribution in [0.1, 0.15) is 29.5 Å². The van der Waals surface area contributed by atoms with Gasteiger partial charge in [-0.25, -0.2) is 0 Å². The lowest BCUT2D eigenvalue weighted by Crippen LogP contribution is -2.08. The van der Waals surface area contributed by atoms with Crippen molar-refractivity contribution < 1.29 is 0 Å². The summed E-state index contributed by atoms with van der Waals surface area (Å²) in [7, 11) is 0. The molecule has 0 amide bonds. The number of benzene rings is 2. The molecule has 0 aliphatic heterocycles. The van der Waals surface area contributed by atoms with E-state index in [1.807, 2.05) is 0 Å². The summed E-state index contributed by atoms with van der Waals surface area (Å²) in [6.07, 6.45) is 0.969. The number of hydrogen-bond acceptors (Lipinski definition) is 1. The van der Waals surface area contributed by atoms with E-state index in [0.29, 0.717) is 12.5 Å². The molecule has 2 aromatic rings. The molecule has 0 bridgehead atoms. The summed E-state index contributed by atoms with van der Waals surface area (Å²) in [6.45, 7) is 2.86. The molecule has 1 atom stereocenters. The highest BCUT2D eigenvalue weighted by atomic mass is 79.9. The highest BCUT2D eigenvalue weighted by Crippen LogP contribution is 2.18. The molecule has 18 heavy (non-hydrogen) atoms. The van der Waals surface area contributed by atoms with E-state index < -0.39 is 0 Å². The van der Waals surface area contributed by atoms with E-state index >= 15 is 0 Å². The van der Waals surface area contributed by atoms with Crippen molar-refractivity contribution in [1.82, 2.24) is 0 Å². The van der Waals surface area contributed by atoms with Gasteiger partial charge >= 0.3 is 0 Å². The molecule has 1 unspecified atom stereocenters. The van der Waals surface area contributed by atoms with Crippen molar-refractivity contribution >= 4 is 15.9 Å². The molecular weight excluding hydrogens is 286 g/mol. The van der Waals surface area contributed by atoms with Crippen molar-refractivity contribution in [2.24, 2.45) is 5.73 Å². The van der Waals surface area contributed by atoms with Crippen LogP contribution in [0.2, 0.25) is 0 Å². The maximum Gasteiger partial charge on any atom is 0.0178 e. The fourth-order valence-electron chi connectivity index (χ4n) is 1.98. The maximum atomic E-state index is 5.68. The Labute approximate surface area is 117 Å². The minimum atomic E-state index is 0.435. The lowest BCUT2D eigenvalue weighted by Gasteiger charge is -2.10. The molecule has 0 fully saturated rings. The molecule has 0 radical (unpaired) electrons. The molecule has 0 aliphatic carbocycles. The predicted molar refractivity (Wildman–Crippen MR) is 80.9 cm³/mol. The molecule has 2 aromatic carbocycles. The molecule has 2 rings (SSSR count). The molecule has 2 N–H and O–H groups in total. The van der Waals surface area contributed by atoms with Crippen molar-refractivity contribution in [3.63, 3.8) is 0 Å². The van der Waals surface area contributed by atoms with Crippen LogP contribution in [0.3, 0.4) is 0 Å². The van der Waals surface area contributed by atoms with Gasteiger partial charge in [0, 0.05) is 4.47 Å². The Bertz CT molecular complexity index is 505. The molecule has 94 valence electrons. The van der Waals surface area contributed by atoms with Gasteiger partial charge in [0.15, 0.2) is 0 Å². The van der Waals surface area contributed by atoms with Crippen molar-refractivity contribution in [3.8, 4) is 0 Å². The zero-order chi connectivity index (χ0) is 13.0. The van der Waals surface area contributed by atoms with Crippen LogP contribution in [-0.2, 0) is 6.42 Å². The molecule has 1 nitrogen and oxygen atoms in total. The van der Waals surface area contributed by atoms with Crippen LogP contribution in [0, 0.1) is 0 Å². The van der Waals surface area contributed by atoms with Gasteiger partial charge in [0.2, 0.25) is 0 Å². The van der Waals surface area contributed by atoms with Gasteiger partial charge in [0.25, 0.3) is 0 Å². The second kappa shape index (κ2) is 6.17. The van der Waals surface area contributed by atoms with E-state index in [4.69, 9.17) is 5.73 Å². The van der Waals surface area contributed by atoms with E-state index in [1.165, 1.54) is 16.7 Å². The van der Waals surface area contributed by atoms with Crippen molar-refractivity contribution in [3.05, 3.63) is 69.7 Å². The van der Waals surface area contributed by atoms with Gasteiger partial charge in [-0.2, -0.15) is 0 Å². The van der Waals surface area contributed by atoms with Crippen LogP contribution < -0.4 is 5.73 Å². The molecular formula is C16H18BrN. The second-order valence-corrected chi connectivity index (χ2v) is 5.60. The van der Waals surface area contributed by atoms with Gasteiger partial charge in [-0.15, -0.1) is 0 Å². The van der Waals surface area contributed by atoms with Crippen LogP contribution >= 0.6 is 15.9 Å². The minimum absolute atomic E-state index is 0.435. The van der Waals surface area contributed by atoms with Crippen LogP contribution in [0.15, 0.2) is 53.0 Å². The predicted octanol–water partition coefficient (Wildman–Crippen LogP) is 4.10. The van der Waals surface area contributed by atoms with Gasteiger partial charge in [0.1, 0.15) is 0 Å². The van der Waals surface area contributed by atoms with Crippen LogP contribution in [0.25, 0.3) is 0 Å². The largest absolute Gasteiger partial charge is 0.330 e. The van der Waals surface area contributed by atoms with E-state index in [-0.39, 0.29) is 0 Å². The first-order valence-electron chi connectivity index (χ1n) is 6.22. The van der Waals surface area contributed by atoms with E-state index in [2.05, 4.69) is 71.4 Å². The zero-order valence-corrected chi connectivity index (χ0v) is 12.2. The molecule has 0 spiro atoms. The minimum Gasteiger partial charge on any atom is -0.330 e. The van der Waals surface area contributed by atoms with Crippen LogP contribution in [0.5, 0.6) is 0 Å². The van der Waals surface area contributed by atoms with Crippen molar-refractivity contribution in [1.29, 1.82) is 0 Å². The second-order valence-electron chi connectivity index (χ2n) is 4.69. The highest BCUT2D eigenvalue weighted by Gasteiger charge is 2.03. The van der Waals surface area contributed by atoms with Crippen molar-refractivity contribution in [2.75, 3.05) is 6.54 Å². The van der Waals surface area contributed by atoms with Gasteiger partial charge in [-0.1, -0.05) is 59.3 Å². The molecule has 0 saturated heterocycles. The van der Waals surface area contributed by atoms with Gasteiger partial charge in [0.05, 0.1) is 0 Å². The molecule has 2 heteroatoms. The van der Waals surface area contributed by atoms with Crippen LogP contribution in [-0.4, -0.2) is 6.54 Å². The van der Waals surface area contributed by atoms with E-state index in [0.717, 1.165) is 10.9 Å². The summed E-state index contributed by atoms with van der Waals surface area (Å²) in [5, 5.41) is 0. The first-order chi connectivity index (χ1) is 8.69. The smallest absolute Gasteiger partial charge is 0.0178 e. The van der Waals surface area contributed by atoms with Gasteiger partial charge < -0.3 is 5.73 Å². The summed E-state index contributed by atoms with van der Waals surface area (Å²) in [5.74, 6) is 0.435. The number of hydrogen-bond donors (Lipinski definition) is 1. The Hall–Kier alpha value is -1.12. The summed E-state index contributed by atoms with van der Waals surface area (Å²) in [6, 6.07) is 17.2. The maximum absolute atomic E-state index is 5.68. The molecule has 0 aliphatic rings.